The molecule has 2 aliphatic rings. The summed E-state index contributed by atoms with van der Waals surface area (Å²) in [6, 6.07) is 14.1. The van der Waals surface area contributed by atoms with E-state index in [1.807, 2.05) is 29.2 Å². The topological polar surface area (TPSA) is 86.4 Å². The normalized spacial score (nSPS) is 20.4. The molecule has 0 saturated carbocycles. The van der Waals surface area contributed by atoms with E-state index in [0.29, 0.717) is 25.2 Å². The van der Waals surface area contributed by atoms with Gasteiger partial charge in [-0.25, -0.2) is 13.4 Å². The standard InChI is InChI=1S/C23H26N4O3S/c28-23(17-10-12-18(13-11-17)31(29,30)26-14-4-1-5-15-26)27-16-6-9-21(27)22-24-19-7-2-3-8-20(19)25-22/h2-3,7-8,10-13,21H,1,4-6,9,14-16H2,(H,24,25)/t21-/m1/s1. The molecule has 1 amide bonds. The number of hydrogen-bond donors (Lipinski definition) is 1. The lowest BCUT2D eigenvalue weighted by molar-refractivity contribution is 0.0730. The lowest BCUT2D eigenvalue weighted by Crippen LogP contribution is -2.35. The fraction of sp³-hybridized carbons (Fsp3) is 0.391. The highest BCUT2D eigenvalue weighted by molar-refractivity contribution is 7.89. The Hall–Kier alpha value is -2.71. The number of carbonyl (C=O) groups is 1. The van der Waals surface area contributed by atoms with E-state index in [-0.39, 0.29) is 16.8 Å². The van der Waals surface area contributed by atoms with Gasteiger partial charge in [0.25, 0.3) is 5.91 Å². The third kappa shape index (κ3) is 3.74. The Morgan fingerprint density at radius 1 is 0.935 bits per heavy atom. The van der Waals surface area contributed by atoms with Crippen LogP contribution in [-0.2, 0) is 10.0 Å². The maximum absolute atomic E-state index is 13.2. The van der Waals surface area contributed by atoms with E-state index in [1.165, 1.54) is 0 Å². The summed E-state index contributed by atoms with van der Waals surface area (Å²) in [5.41, 5.74) is 2.36. The van der Waals surface area contributed by atoms with Crippen LogP contribution in [0.5, 0.6) is 0 Å². The molecule has 1 aromatic heterocycles. The molecule has 0 spiro atoms. The fourth-order valence-electron chi connectivity index (χ4n) is 4.61. The zero-order chi connectivity index (χ0) is 21.4. The number of nitrogens with zero attached hydrogens (tertiary/aromatic N) is 3. The van der Waals surface area contributed by atoms with Crippen molar-refractivity contribution in [2.45, 2.75) is 43.0 Å². The van der Waals surface area contributed by atoms with Crippen LogP contribution in [0.3, 0.4) is 0 Å². The van der Waals surface area contributed by atoms with Gasteiger partial charge >= 0.3 is 0 Å². The maximum atomic E-state index is 13.2. The molecule has 7 nitrogen and oxygen atoms in total. The highest BCUT2D eigenvalue weighted by Crippen LogP contribution is 2.33. The average Bonchev–Trinajstić information content (AvgIpc) is 3.46. The van der Waals surface area contributed by atoms with Crippen LogP contribution in [0.15, 0.2) is 53.4 Å². The van der Waals surface area contributed by atoms with Gasteiger partial charge in [-0.15, -0.1) is 0 Å². The summed E-state index contributed by atoms with van der Waals surface area (Å²) in [6.07, 6.45) is 4.63. The molecule has 1 N–H and O–H groups in total. The quantitative estimate of drug-likeness (QED) is 0.673. The minimum atomic E-state index is -3.50. The first kappa shape index (κ1) is 20.2. The second kappa shape index (κ2) is 8.09. The molecule has 1 atom stereocenters. The number of para-hydroxylation sites is 2. The molecule has 3 aromatic rings. The predicted octanol–water partition coefficient (Wildman–Crippen LogP) is 3.71. The number of carbonyl (C=O) groups excluding carboxylic acids is 1. The smallest absolute Gasteiger partial charge is 0.254 e. The fourth-order valence-corrected chi connectivity index (χ4v) is 6.13. The monoisotopic (exact) mass is 438 g/mol. The van der Waals surface area contributed by atoms with E-state index in [2.05, 4.69) is 9.97 Å². The molecule has 5 rings (SSSR count). The third-order valence-corrected chi connectivity index (χ3v) is 8.20. The second-order valence-corrected chi connectivity index (χ2v) is 10.2. The first-order valence-electron chi connectivity index (χ1n) is 10.9. The first-order valence-corrected chi connectivity index (χ1v) is 12.3. The van der Waals surface area contributed by atoms with Crippen LogP contribution < -0.4 is 0 Å². The molecule has 2 aromatic carbocycles. The van der Waals surface area contributed by atoms with Crippen molar-refractivity contribution in [1.29, 1.82) is 0 Å². The van der Waals surface area contributed by atoms with E-state index in [4.69, 9.17) is 0 Å². The molecule has 0 bridgehead atoms. The predicted molar refractivity (Wildman–Crippen MR) is 118 cm³/mol. The summed E-state index contributed by atoms with van der Waals surface area (Å²) in [5.74, 6) is 0.709. The van der Waals surface area contributed by atoms with Gasteiger partial charge in [0.15, 0.2) is 0 Å². The first-order chi connectivity index (χ1) is 15.0. The van der Waals surface area contributed by atoms with Crippen molar-refractivity contribution in [2.75, 3.05) is 19.6 Å². The van der Waals surface area contributed by atoms with Gasteiger partial charge in [-0.2, -0.15) is 4.31 Å². The summed E-state index contributed by atoms with van der Waals surface area (Å²) >= 11 is 0. The van der Waals surface area contributed by atoms with Crippen molar-refractivity contribution >= 4 is 27.0 Å². The van der Waals surface area contributed by atoms with Crippen molar-refractivity contribution in [2.24, 2.45) is 0 Å². The van der Waals surface area contributed by atoms with Crippen LogP contribution in [-0.4, -0.2) is 53.1 Å². The number of imidazole rings is 1. The van der Waals surface area contributed by atoms with Crippen molar-refractivity contribution in [3.8, 4) is 0 Å². The van der Waals surface area contributed by atoms with Crippen molar-refractivity contribution in [3.05, 3.63) is 59.9 Å². The number of rotatable bonds is 4. The molecule has 162 valence electrons. The van der Waals surface area contributed by atoms with E-state index < -0.39 is 10.0 Å². The molecule has 8 heteroatoms. The molecule has 2 fully saturated rings. The summed E-state index contributed by atoms with van der Waals surface area (Å²) in [7, 11) is -3.50. The largest absolute Gasteiger partial charge is 0.340 e. The molecular formula is C23H26N4O3S. The van der Waals surface area contributed by atoms with Gasteiger partial charge in [0.05, 0.1) is 22.0 Å². The van der Waals surface area contributed by atoms with E-state index in [1.54, 1.807) is 28.6 Å². The Morgan fingerprint density at radius 3 is 2.42 bits per heavy atom. The molecule has 3 heterocycles. The number of amides is 1. The minimum Gasteiger partial charge on any atom is -0.340 e. The summed E-state index contributed by atoms with van der Waals surface area (Å²) in [6.45, 7) is 1.79. The number of piperidine rings is 1. The van der Waals surface area contributed by atoms with Crippen molar-refractivity contribution in [1.82, 2.24) is 19.2 Å². The summed E-state index contributed by atoms with van der Waals surface area (Å²) in [4.78, 5) is 23.4. The number of likely N-dealkylation sites (tertiary alicyclic amines) is 1. The Labute approximate surface area is 182 Å². The SMILES string of the molecule is O=C(c1ccc(S(=O)(=O)N2CCCCC2)cc1)N1CCC[C@@H]1c1nc2ccccc2[nH]1. The second-order valence-electron chi connectivity index (χ2n) is 8.28. The van der Waals surface area contributed by atoms with E-state index in [9.17, 15) is 13.2 Å². The van der Waals surface area contributed by atoms with Crippen molar-refractivity contribution in [3.63, 3.8) is 0 Å². The number of nitrogens with one attached hydrogen (secondary N) is 1. The molecule has 2 aliphatic heterocycles. The Morgan fingerprint density at radius 2 is 1.68 bits per heavy atom. The third-order valence-electron chi connectivity index (χ3n) is 6.29. The van der Waals surface area contributed by atoms with Crippen LogP contribution in [0.1, 0.15) is 54.3 Å². The highest BCUT2D eigenvalue weighted by atomic mass is 32.2. The van der Waals surface area contributed by atoms with Crippen LogP contribution >= 0.6 is 0 Å². The maximum Gasteiger partial charge on any atom is 0.254 e. The zero-order valence-corrected chi connectivity index (χ0v) is 18.1. The molecule has 0 radical (unpaired) electrons. The van der Waals surface area contributed by atoms with Crippen LogP contribution in [0, 0.1) is 0 Å². The number of H-pyrrole nitrogens is 1. The van der Waals surface area contributed by atoms with E-state index in [0.717, 1.165) is 49.0 Å². The van der Waals surface area contributed by atoms with Gasteiger partial charge < -0.3 is 9.88 Å². The summed E-state index contributed by atoms with van der Waals surface area (Å²) < 4.78 is 27.3. The van der Waals surface area contributed by atoms with Crippen LogP contribution in [0.25, 0.3) is 11.0 Å². The van der Waals surface area contributed by atoms with Gasteiger partial charge in [-0.1, -0.05) is 18.6 Å². The number of hydrogen-bond acceptors (Lipinski definition) is 4. The number of fused-ring (bicyclic) bond motifs is 1. The van der Waals surface area contributed by atoms with Gasteiger partial charge in [-0.05, 0) is 62.1 Å². The van der Waals surface area contributed by atoms with Gasteiger partial charge in [0.2, 0.25) is 10.0 Å². The van der Waals surface area contributed by atoms with Gasteiger partial charge in [0.1, 0.15) is 5.82 Å². The molecule has 0 aliphatic carbocycles. The van der Waals surface area contributed by atoms with Gasteiger partial charge in [-0.3, -0.25) is 4.79 Å². The van der Waals surface area contributed by atoms with E-state index >= 15 is 0 Å². The number of aromatic amines is 1. The minimum absolute atomic E-state index is 0.0927. The average molecular weight is 439 g/mol. The number of aromatic nitrogens is 2. The van der Waals surface area contributed by atoms with Crippen LogP contribution in [0.2, 0.25) is 0 Å². The Kier molecular flexibility index (Phi) is 5.27. The molecular weight excluding hydrogens is 412 g/mol. The summed E-state index contributed by atoms with van der Waals surface area (Å²) in [5, 5.41) is 0. The molecule has 31 heavy (non-hydrogen) atoms. The zero-order valence-electron chi connectivity index (χ0n) is 17.3. The highest BCUT2D eigenvalue weighted by Gasteiger charge is 2.33. The Balaban J connectivity index is 1.36. The number of benzene rings is 2. The lowest BCUT2D eigenvalue weighted by Gasteiger charge is -2.26. The van der Waals surface area contributed by atoms with Gasteiger partial charge in [0, 0.05) is 25.2 Å². The molecule has 2 saturated heterocycles. The lowest BCUT2D eigenvalue weighted by atomic mass is 10.1. The van der Waals surface area contributed by atoms with Crippen molar-refractivity contribution < 1.29 is 13.2 Å². The molecule has 0 unspecified atom stereocenters. The van der Waals surface area contributed by atoms with Crippen LogP contribution in [0.4, 0.5) is 0 Å². The number of sulfonamides is 1. The Bertz CT molecular complexity index is 1160.